The normalized spacial score (nSPS) is 15.4. The summed E-state index contributed by atoms with van der Waals surface area (Å²) in [6, 6.07) is 0. The highest BCUT2D eigenvalue weighted by atomic mass is 32.1. The molecule has 1 heterocycles. The number of hydrogen-bond donors (Lipinski definition) is 1. The molecule has 0 amide bonds. The number of nitrogens with one attached hydrogen (secondary N) is 1. The Balaban J connectivity index is 2.04. The van der Waals surface area contributed by atoms with Crippen molar-refractivity contribution in [3.63, 3.8) is 0 Å². The van der Waals surface area contributed by atoms with Crippen LogP contribution in [0, 0.1) is 5.92 Å². The molecule has 1 aromatic rings. The van der Waals surface area contributed by atoms with Crippen molar-refractivity contribution in [2.45, 2.75) is 46.1 Å². The highest BCUT2D eigenvalue weighted by Gasteiger charge is 2.29. The fourth-order valence-electron chi connectivity index (χ4n) is 1.93. The summed E-state index contributed by atoms with van der Waals surface area (Å²) in [6.07, 6.45) is 2.66. The van der Waals surface area contributed by atoms with Crippen LogP contribution in [0.2, 0.25) is 0 Å². The SMILES string of the molecule is CCN(C)c1nc(C2CC2)c(CNCC(C)C)s1. The maximum Gasteiger partial charge on any atom is 0.185 e. The van der Waals surface area contributed by atoms with Crippen molar-refractivity contribution in [3.05, 3.63) is 10.6 Å². The van der Waals surface area contributed by atoms with Crippen molar-refractivity contribution in [1.82, 2.24) is 10.3 Å². The first-order chi connectivity index (χ1) is 8.61. The average molecular weight is 267 g/mol. The van der Waals surface area contributed by atoms with Crippen LogP contribution in [0.5, 0.6) is 0 Å². The lowest BCUT2D eigenvalue weighted by atomic mass is 10.2. The van der Waals surface area contributed by atoms with E-state index in [1.807, 2.05) is 11.3 Å². The lowest BCUT2D eigenvalue weighted by Crippen LogP contribution is -2.19. The van der Waals surface area contributed by atoms with E-state index in [9.17, 15) is 0 Å². The molecule has 102 valence electrons. The second kappa shape index (κ2) is 6.02. The molecule has 1 aliphatic rings. The van der Waals surface area contributed by atoms with Gasteiger partial charge in [-0.25, -0.2) is 4.98 Å². The molecule has 1 aliphatic carbocycles. The fraction of sp³-hybridized carbons (Fsp3) is 0.786. The van der Waals surface area contributed by atoms with Gasteiger partial charge in [0, 0.05) is 30.9 Å². The van der Waals surface area contributed by atoms with E-state index in [-0.39, 0.29) is 0 Å². The molecular weight excluding hydrogens is 242 g/mol. The lowest BCUT2D eigenvalue weighted by molar-refractivity contribution is 0.553. The summed E-state index contributed by atoms with van der Waals surface area (Å²) < 4.78 is 0. The van der Waals surface area contributed by atoms with Gasteiger partial charge in [0.1, 0.15) is 0 Å². The van der Waals surface area contributed by atoms with Gasteiger partial charge in [0.05, 0.1) is 5.69 Å². The van der Waals surface area contributed by atoms with Crippen molar-refractivity contribution in [2.75, 3.05) is 25.0 Å². The first-order valence-corrected chi connectivity index (χ1v) is 7.84. The van der Waals surface area contributed by atoms with Crippen LogP contribution in [-0.2, 0) is 6.54 Å². The number of rotatable bonds is 7. The molecule has 0 aliphatic heterocycles. The van der Waals surface area contributed by atoms with Crippen molar-refractivity contribution in [2.24, 2.45) is 5.92 Å². The smallest absolute Gasteiger partial charge is 0.185 e. The first-order valence-electron chi connectivity index (χ1n) is 7.03. The maximum absolute atomic E-state index is 4.85. The van der Waals surface area contributed by atoms with Crippen LogP contribution in [0.15, 0.2) is 0 Å². The third kappa shape index (κ3) is 3.45. The van der Waals surface area contributed by atoms with E-state index < -0.39 is 0 Å². The zero-order valence-corrected chi connectivity index (χ0v) is 12.8. The van der Waals surface area contributed by atoms with Gasteiger partial charge >= 0.3 is 0 Å². The van der Waals surface area contributed by atoms with Gasteiger partial charge in [0.2, 0.25) is 0 Å². The molecule has 1 fully saturated rings. The molecular formula is C14H25N3S. The molecule has 0 unspecified atom stereocenters. The van der Waals surface area contributed by atoms with E-state index in [2.05, 4.69) is 38.0 Å². The standard InChI is InChI=1S/C14H25N3S/c1-5-17(4)14-16-13(11-6-7-11)12(18-14)9-15-8-10(2)3/h10-11,15H,5-9H2,1-4H3. The number of aromatic nitrogens is 1. The molecule has 1 N–H and O–H groups in total. The van der Waals surface area contributed by atoms with E-state index in [0.29, 0.717) is 5.92 Å². The zero-order chi connectivity index (χ0) is 13.1. The van der Waals surface area contributed by atoms with Gasteiger partial charge in [0.25, 0.3) is 0 Å². The molecule has 3 nitrogen and oxygen atoms in total. The molecule has 4 heteroatoms. The molecule has 0 aromatic carbocycles. The van der Waals surface area contributed by atoms with Crippen LogP contribution >= 0.6 is 11.3 Å². The second-order valence-electron chi connectivity index (χ2n) is 5.62. The third-order valence-electron chi connectivity index (χ3n) is 3.32. The number of hydrogen-bond acceptors (Lipinski definition) is 4. The van der Waals surface area contributed by atoms with Gasteiger partial charge < -0.3 is 10.2 Å². The molecule has 0 spiro atoms. The number of thiazole rings is 1. The van der Waals surface area contributed by atoms with E-state index in [0.717, 1.165) is 25.6 Å². The molecule has 1 aromatic heterocycles. The van der Waals surface area contributed by atoms with Gasteiger partial charge in [0.15, 0.2) is 5.13 Å². The molecule has 2 rings (SSSR count). The van der Waals surface area contributed by atoms with Crippen LogP contribution in [-0.4, -0.2) is 25.1 Å². The van der Waals surface area contributed by atoms with Crippen molar-refractivity contribution >= 4 is 16.5 Å². The van der Waals surface area contributed by atoms with E-state index in [4.69, 9.17) is 4.98 Å². The Morgan fingerprint density at radius 2 is 2.17 bits per heavy atom. The van der Waals surface area contributed by atoms with E-state index in [1.54, 1.807) is 0 Å². The Bertz CT molecular complexity index is 382. The minimum Gasteiger partial charge on any atom is -0.351 e. The van der Waals surface area contributed by atoms with Crippen molar-refractivity contribution in [3.8, 4) is 0 Å². The highest BCUT2D eigenvalue weighted by molar-refractivity contribution is 7.15. The Labute approximate surface area is 115 Å². The molecule has 0 bridgehead atoms. The zero-order valence-electron chi connectivity index (χ0n) is 12.0. The van der Waals surface area contributed by atoms with Gasteiger partial charge in [-0.3, -0.25) is 0 Å². The van der Waals surface area contributed by atoms with Crippen LogP contribution in [0.3, 0.4) is 0 Å². The molecule has 0 saturated heterocycles. The van der Waals surface area contributed by atoms with Crippen molar-refractivity contribution in [1.29, 1.82) is 0 Å². The Kier molecular flexibility index (Phi) is 4.62. The van der Waals surface area contributed by atoms with Gasteiger partial charge in [-0.05, 0) is 32.2 Å². The lowest BCUT2D eigenvalue weighted by Gasteiger charge is -2.11. The summed E-state index contributed by atoms with van der Waals surface area (Å²) >= 11 is 1.86. The highest BCUT2D eigenvalue weighted by Crippen LogP contribution is 2.44. The maximum atomic E-state index is 4.85. The molecule has 0 atom stereocenters. The van der Waals surface area contributed by atoms with Crippen LogP contribution in [0.1, 0.15) is 50.1 Å². The summed E-state index contributed by atoms with van der Waals surface area (Å²) in [4.78, 5) is 8.54. The minimum atomic E-state index is 0.708. The van der Waals surface area contributed by atoms with Crippen molar-refractivity contribution < 1.29 is 0 Å². The molecule has 0 radical (unpaired) electrons. The summed E-state index contributed by atoms with van der Waals surface area (Å²) in [7, 11) is 2.13. The van der Waals surface area contributed by atoms with Crippen LogP contribution < -0.4 is 10.2 Å². The Morgan fingerprint density at radius 1 is 1.44 bits per heavy atom. The van der Waals surface area contributed by atoms with Crippen LogP contribution in [0.25, 0.3) is 0 Å². The molecule has 1 saturated carbocycles. The number of nitrogens with zero attached hydrogens (tertiary/aromatic N) is 2. The first kappa shape index (κ1) is 13.8. The largest absolute Gasteiger partial charge is 0.351 e. The van der Waals surface area contributed by atoms with E-state index >= 15 is 0 Å². The van der Waals surface area contributed by atoms with E-state index in [1.165, 1.54) is 28.5 Å². The minimum absolute atomic E-state index is 0.708. The third-order valence-corrected chi connectivity index (χ3v) is 4.50. The monoisotopic (exact) mass is 267 g/mol. The average Bonchev–Trinajstić information content (AvgIpc) is 3.09. The summed E-state index contributed by atoms with van der Waals surface area (Å²) in [5.74, 6) is 1.45. The van der Waals surface area contributed by atoms with Crippen LogP contribution in [0.4, 0.5) is 5.13 Å². The Hall–Kier alpha value is -0.610. The quantitative estimate of drug-likeness (QED) is 0.822. The molecule has 18 heavy (non-hydrogen) atoms. The predicted octanol–water partition coefficient (Wildman–Crippen LogP) is 3.22. The topological polar surface area (TPSA) is 28.2 Å². The number of anilines is 1. The predicted molar refractivity (Wildman–Crippen MR) is 79.6 cm³/mol. The van der Waals surface area contributed by atoms with Gasteiger partial charge in [-0.1, -0.05) is 13.8 Å². The summed E-state index contributed by atoms with van der Waals surface area (Å²) in [6.45, 7) is 9.76. The second-order valence-corrected chi connectivity index (χ2v) is 6.68. The summed E-state index contributed by atoms with van der Waals surface area (Å²) in [5, 5.41) is 4.73. The van der Waals surface area contributed by atoms with Gasteiger partial charge in [-0.15, -0.1) is 11.3 Å². The summed E-state index contributed by atoms with van der Waals surface area (Å²) in [5.41, 5.74) is 1.37. The fourth-order valence-corrected chi connectivity index (χ4v) is 3.07. The van der Waals surface area contributed by atoms with Gasteiger partial charge in [-0.2, -0.15) is 0 Å². The Morgan fingerprint density at radius 3 is 2.72 bits per heavy atom.